The largest absolute Gasteiger partial charge is 0.486 e. The quantitative estimate of drug-likeness (QED) is 0.800. The predicted molar refractivity (Wildman–Crippen MR) is 81.5 cm³/mol. The molecule has 2 aromatic heterocycles. The van der Waals surface area contributed by atoms with Gasteiger partial charge < -0.3 is 10.5 Å². The molecule has 0 fully saturated rings. The van der Waals surface area contributed by atoms with E-state index in [2.05, 4.69) is 4.98 Å². The first-order valence-corrected chi connectivity index (χ1v) is 7.48. The fraction of sp³-hybridized carbons (Fsp3) is 0.214. The lowest BCUT2D eigenvalue weighted by molar-refractivity contribution is 0.302. The molecule has 1 atom stereocenters. The molecule has 1 unspecified atom stereocenters. The van der Waals surface area contributed by atoms with E-state index in [-0.39, 0.29) is 6.04 Å². The van der Waals surface area contributed by atoms with E-state index in [4.69, 9.17) is 22.1 Å². The zero-order valence-electron chi connectivity index (χ0n) is 10.9. The molecule has 0 bridgehead atoms. The van der Waals surface area contributed by atoms with E-state index in [1.54, 1.807) is 11.3 Å². The minimum atomic E-state index is -0.0403. The van der Waals surface area contributed by atoms with Gasteiger partial charge in [0, 0.05) is 23.8 Å². The number of imidazole rings is 1. The molecule has 3 aromatic rings. The lowest BCUT2D eigenvalue weighted by atomic mass is 10.1. The van der Waals surface area contributed by atoms with Gasteiger partial charge in [-0.2, -0.15) is 0 Å². The molecule has 0 aliphatic carbocycles. The highest BCUT2D eigenvalue weighted by molar-refractivity contribution is 7.15. The molecule has 104 valence electrons. The van der Waals surface area contributed by atoms with E-state index >= 15 is 0 Å². The first kappa shape index (κ1) is 13.4. The number of hydrogen-bond donors (Lipinski definition) is 1. The van der Waals surface area contributed by atoms with Crippen molar-refractivity contribution in [3.8, 4) is 5.75 Å². The van der Waals surface area contributed by atoms with Gasteiger partial charge in [-0.1, -0.05) is 17.7 Å². The van der Waals surface area contributed by atoms with E-state index < -0.39 is 0 Å². The Hall–Kier alpha value is -1.56. The van der Waals surface area contributed by atoms with Gasteiger partial charge in [0.1, 0.15) is 12.4 Å². The summed E-state index contributed by atoms with van der Waals surface area (Å²) in [4.78, 5) is 5.42. The van der Waals surface area contributed by atoms with Crippen molar-refractivity contribution in [1.82, 2.24) is 9.38 Å². The maximum Gasteiger partial charge on any atom is 0.193 e. The van der Waals surface area contributed by atoms with Gasteiger partial charge in [-0.3, -0.25) is 4.40 Å². The highest BCUT2D eigenvalue weighted by atomic mass is 35.5. The van der Waals surface area contributed by atoms with Crippen molar-refractivity contribution < 1.29 is 4.74 Å². The Bertz CT molecular complexity index is 706. The number of aromatic nitrogens is 2. The average Bonchev–Trinajstić information content (AvgIpc) is 2.97. The highest BCUT2D eigenvalue weighted by Crippen LogP contribution is 2.28. The molecule has 2 N–H and O–H groups in total. The molecule has 0 aliphatic heterocycles. The standard InChI is InChI=1S/C14H14ClN3OS/c1-9(16)10-2-3-13(12(15)6-10)19-8-11-7-18-4-5-20-14(18)17-11/h2-7,9H,8,16H2,1H3. The van der Waals surface area contributed by atoms with Crippen LogP contribution in [-0.2, 0) is 6.61 Å². The van der Waals surface area contributed by atoms with Crippen LogP contribution in [0.15, 0.2) is 36.0 Å². The van der Waals surface area contributed by atoms with Crippen LogP contribution in [0.25, 0.3) is 4.96 Å². The molecule has 3 rings (SSSR count). The number of nitrogens with zero attached hydrogens (tertiary/aromatic N) is 2. The van der Waals surface area contributed by atoms with Crippen molar-refractivity contribution in [1.29, 1.82) is 0 Å². The molecule has 6 heteroatoms. The summed E-state index contributed by atoms with van der Waals surface area (Å²) in [5, 5.41) is 2.57. The second-order valence-electron chi connectivity index (χ2n) is 4.59. The van der Waals surface area contributed by atoms with Crippen molar-refractivity contribution in [2.24, 2.45) is 5.73 Å². The molecule has 0 aliphatic rings. The van der Waals surface area contributed by atoms with E-state index in [1.165, 1.54) is 0 Å². The van der Waals surface area contributed by atoms with E-state index in [0.717, 1.165) is 16.2 Å². The van der Waals surface area contributed by atoms with Gasteiger partial charge in [0.25, 0.3) is 0 Å². The molecule has 0 saturated carbocycles. The summed E-state index contributed by atoms with van der Waals surface area (Å²) in [5.41, 5.74) is 7.69. The smallest absolute Gasteiger partial charge is 0.193 e. The normalized spacial score (nSPS) is 12.8. The van der Waals surface area contributed by atoms with Gasteiger partial charge in [0.05, 0.1) is 10.7 Å². The van der Waals surface area contributed by atoms with Crippen LogP contribution in [0.3, 0.4) is 0 Å². The van der Waals surface area contributed by atoms with Crippen LogP contribution in [0.1, 0.15) is 24.2 Å². The van der Waals surface area contributed by atoms with Gasteiger partial charge in [0.15, 0.2) is 4.96 Å². The van der Waals surface area contributed by atoms with Crippen molar-refractivity contribution in [3.05, 3.63) is 52.3 Å². The molecule has 2 heterocycles. The van der Waals surface area contributed by atoms with Crippen molar-refractivity contribution in [2.75, 3.05) is 0 Å². The third kappa shape index (κ3) is 2.65. The zero-order valence-corrected chi connectivity index (χ0v) is 12.5. The number of halogens is 1. The molecule has 20 heavy (non-hydrogen) atoms. The summed E-state index contributed by atoms with van der Waals surface area (Å²) in [7, 11) is 0. The van der Waals surface area contributed by atoms with Gasteiger partial charge in [0.2, 0.25) is 0 Å². The maximum atomic E-state index is 6.19. The molecule has 0 amide bonds. The maximum absolute atomic E-state index is 6.19. The second kappa shape index (κ2) is 5.44. The summed E-state index contributed by atoms with van der Waals surface area (Å²) < 4.78 is 7.69. The Morgan fingerprint density at radius 3 is 3.05 bits per heavy atom. The van der Waals surface area contributed by atoms with Crippen molar-refractivity contribution >= 4 is 27.9 Å². The van der Waals surface area contributed by atoms with Crippen LogP contribution in [0.5, 0.6) is 5.75 Å². The number of rotatable bonds is 4. The monoisotopic (exact) mass is 307 g/mol. The zero-order chi connectivity index (χ0) is 14.1. The Labute approximate surface area is 125 Å². The Balaban J connectivity index is 1.73. The summed E-state index contributed by atoms with van der Waals surface area (Å²) in [6, 6.07) is 5.58. The van der Waals surface area contributed by atoms with Crippen LogP contribution >= 0.6 is 22.9 Å². The second-order valence-corrected chi connectivity index (χ2v) is 5.87. The van der Waals surface area contributed by atoms with Crippen LogP contribution in [0.4, 0.5) is 0 Å². The fourth-order valence-electron chi connectivity index (χ4n) is 1.91. The lowest BCUT2D eigenvalue weighted by Gasteiger charge is -2.10. The van der Waals surface area contributed by atoms with Gasteiger partial charge in [-0.15, -0.1) is 11.3 Å². The minimum Gasteiger partial charge on any atom is -0.486 e. The van der Waals surface area contributed by atoms with E-state index in [0.29, 0.717) is 17.4 Å². The lowest BCUT2D eigenvalue weighted by Crippen LogP contribution is -2.05. The van der Waals surface area contributed by atoms with Crippen molar-refractivity contribution in [3.63, 3.8) is 0 Å². The molecular weight excluding hydrogens is 294 g/mol. The Morgan fingerprint density at radius 1 is 1.50 bits per heavy atom. The molecule has 0 saturated heterocycles. The average molecular weight is 308 g/mol. The van der Waals surface area contributed by atoms with E-state index in [9.17, 15) is 0 Å². The van der Waals surface area contributed by atoms with Crippen LogP contribution in [-0.4, -0.2) is 9.38 Å². The summed E-state index contributed by atoms with van der Waals surface area (Å²) >= 11 is 7.79. The molecule has 4 nitrogen and oxygen atoms in total. The van der Waals surface area contributed by atoms with Crippen LogP contribution < -0.4 is 10.5 Å². The third-order valence-electron chi connectivity index (χ3n) is 3.00. The molecule has 1 aromatic carbocycles. The fourth-order valence-corrected chi connectivity index (χ4v) is 2.88. The van der Waals surface area contributed by atoms with Crippen LogP contribution in [0, 0.1) is 0 Å². The molecule has 0 spiro atoms. The van der Waals surface area contributed by atoms with Gasteiger partial charge in [-0.05, 0) is 24.6 Å². The van der Waals surface area contributed by atoms with E-state index in [1.807, 2.05) is 47.3 Å². The van der Waals surface area contributed by atoms with Gasteiger partial charge >= 0.3 is 0 Å². The molecule has 0 radical (unpaired) electrons. The summed E-state index contributed by atoms with van der Waals surface area (Å²) in [6.45, 7) is 2.32. The first-order chi connectivity index (χ1) is 9.63. The topological polar surface area (TPSA) is 52.5 Å². The third-order valence-corrected chi connectivity index (χ3v) is 4.07. The number of nitrogens with two attached hydrogens (primary N) is 1. The number of ether oxygens (including phenoxy) is 1. The SMILES string of the molecule is CC(N)c1ccc(OCc2cn3ccsc3n2)c(Cl)c1. The minimum absolute atomic E-state index is 0.0403. The summed E-state index contributed by atoms with van der Waals surface area (Å²) in [5.74, 6) is 0.646. The number of fused-ring (bicyclic) bond motifs is 1. The predicted octanol–water partition coefficient (Wildman–Crippen LogP) is 3.65. The Morgan fingerprint density at radius 2 is 2.35 bits per heavy atom. The Kier molecular flexibility index (Phi) is 3.65. The molecular formula is C14H14ClN3OS. The number of hydrogen-bond acceptors (Lipinski definition) is 4. The van der Waals surface area contributed by atoms with Gasteiger partial charge in [-0.25, -0.2) is 4.98 Å². The van der Waals surface area contributed by atoms with Crippen molar-refractivity contribution in [2.45, 2.75) is 19.6 Å². The number of benzene rings is 1. The number of thiazole rings is 1. The highest BCUT2D eigenvalue weighted by Gasteiger charge is 2.08. The summed E-state index contributed by atoms with van der Waals surface area (Å²) in [6.07, 6.45) is 3.93. The van der Waals surface area contributed by atoms with Crippen LogP contribution in [0.2, 0.25) is 5.02 Å². The first-order valence-electron chi connectivity index (χ1n) is 6.22.